The first-order chi connectivity index (χ1) is 8.06. The minimum absolute atomic E-state index is 0.00773. The van der Waals surface area contributed by atoms with Crippen molar-refractivity contribution in [2.75, 3.05) is 17.7 Å². The van der Waals surface area contributed by atoms with Crippen molar-refractivity contribution in [3.8, 4) is 0 Å². The number of rotatable bonds is 2. The molecule has 1 amide bonds. The highest BCUT2D eigenvalue weighted by Crippen LogP contribution is 2.24. The smallest absolute Gasteiger partial charge is 0.229 e. The fraction of sp³-hybridized carbons (Fsp3) is 0.462. The molecular weight excluding hydrogens is 216 g/mol. The summed E-state index contributed by atoms with van der Waals surface area (Å²) in [4.78, 5) is 12.0. The van der Waals surface area contributed by atoms with E-state index in [1.54, 1.807) is 6.07 Å². The van der Waals surface area contributed by atoms with E-state index < -0.39 is 0 Å². The third-order valence-electron chi connectivity index (χ3n) is 3.04. The molecule has 4 nitrogen and oxygen atoms in total. The summed E-state index contributed by atoms with van der Waals surface area (Å²) in [7, 11) is 0. The van der Waals surface area contributed by atoms with Crippen molar-refractivity contribution in [2.24, 2.45) is 5.92 Å². The van der Waals surface area contributed by atoms with Crippen molar-refractivity contribution in [1.82, 2.24) is 0 Å². The number of nitrogens with one attached hydrogen (secondary N) is 1. The van der Waals surface area contributed by atoms with Crippen LogP contribution in [-0.4, -0.2) is 18.6 Å². The van der Waals surface area contributed by atoms with Crippen LogP contribution in [0.1, 0.15) is 18.9 Å². The number of amides is 1. The zero-order valence-corrected chi connectivity index (χ0v) is 10.2. The highest BCUT2D eigenvalue weighted by atomic mass is 16.5. The number of carbonyl (C=O) groups is 1. The molecule has 1 saturated heterocycles. The molecule has 3 N–H and O–H groups in total. The zero-order chi connectivity index (χ0) is 12.4. The Balaban J connectivity index is 2.05. The molecule has 0 saturated carbocycles. The second-order valence-electron chi connectivity index (χ2n) is 4.66. The van der Waals surface area contributed by atoms with E-state index >= 15 is 0 Å². The van der Waals surface area contributed by atoms with Gasteiger partial charge in [0.2, 0.25) is 5.91 Å². The van der Waals surface area contributed by atoms with Crippen LogP contribution in [0.5, 0.6) is 0 Å². The minimum Gasteiger partial charge on any atom is -0.397 e. The maximum Gasteiger partial charge on any atom is 0.229 e. The maximum absolute atomic E-state index is 12.0. The predicted octanol–water partition coefficient (Wildman–Crippen LogP) is 1.94. The molecule has 17 heavy (non-hydrogen) atoms. The zero-order valence-electron chi connectivity index (χ0n) is 10.2. The Morgan fingerprint density at radius 2 is 2.29 bits per heavy atom. The average molecular weight is 234 g/mol. The van der Waals surface area contributed by atoms with Crippen LogP contribution in [0.4, 0.5) is 11.4 Å². The Kier molecular flexibility index (Phi) is 3.33. The Morgan fingerprint density at radius 3 is 2.94 bits per heavy atom. The van der Waals surface area contributed by atoms with Crippen LogP contribution < -0.4 is 11.1 Å². The van der Waals surface area contributed by atoms with Gasteiger partial charge in [-0.15, -0.1) is 0 Å². The maximum atomic E-state index is 12.0. The second kappa shape index (κ2) is 4.75. The summed E-state index contributed by atoms with van der Waals surface area (Å²) in [6.45, 7) is 4.45. The number of anilines is 2. The standard InChI is InChI=1S/C13H18N2O2/c1-8-3-4-11(14)12(5-8)15-13(16)10-6-9(2)17-7-10/h3-5,9-10H,6-7,14H2,1-2H3,(H,15,16). The largest absolute Gasteiger partial charge is 0.397 e. The lowest BCUT2D eigenvalue weighted by molar-refractivity contribution is -0.119. The quantitative estimate of drug-likeness (QED) is 0.769. The molecule has 0 aliphatic carbocycles. The minimum atomic E-state index is -0.0649. The van der Waals surface area contributed by atoms with Gasteiger partial charge in [-0.05, 0) is 38.0 Å². The lowest BCUT2D eigenvalue weighted by Crippen LogP contribution is -2.23. The summed E-state index contributed by atoms with van der Waals surface area (Å²) in [5, 5.41) is 2.87. The van der Waals surface area contributed by atoms with E-state index in [9.17, 15) is 4.79 Å². The predicted molar refractivity (Wildman–Crippen MR) is 67.7 cm³/mol. The number of ether oxygens (including phenoxy) is 1. The first kappa shape index (κ1) is 11.9. The second-order valence-corrected chi connectivity index (χ2v) is 4.66. The molecule has 2 rings (SSSR count). The summed E-state index contributed by atoms with van der Waals surface area (Å²) >= 11 is 0. The van der Waals surface area contributed by atoms with E-state index in [-0.39, 0.29) is 17.9 Å². The molecule has 0 radical (unpaired) electrons. The Bertz CT molecular complexity index is 431. The molecule has 1 aliphatic heterocycles. The fourth-order valence-electron chi connectivity index (χ4n) is 2.01. The number of nitrogen functional groups attached to an aromatic ring is 1. The first-order valence-corrected chi connectivity index (χ1v) is 5.85. The summed E-state index contributed by atoms with van der Waals surface area (Å²) in [5.41, 5.74) is 8.18. The van der Waals surface area contributed by atoms with Crippen molar-refractivity contribution in [1.29, 1.82) is 0 Å². The fourth-order valence-corrected chi connectivity index (χ4v) is 2.01. The lowest BCUT2D eigenvalue weighted by Gasteiger charge is -2.12. The van der Waals surface area contributed by atoms with Gasteiger partial charge in [0.1, 0.15) is 0 Å². The van der Waals surface area contributed by atoms with Gasteiger partial charge < -0.3 is 15.8 Å². The molecule has 1 aromatic carbocycles. The molecule has 2 atom stereocenters. The third kappa shape index (κ3) is 2.77. The lowest BCUT2D eigenvalue weighted by atomic mass is 10.1. The van der Waals surface area contributed by atoms with Crippen LogP contribution in [-0.2, 0) is 9.53 Å². The normalized spacial score (nSPS) is 23.6. The SMILES string of the molecule is Cc1ccc(N)c(NC(=O)C2COC(C)C2)c1. The number of nitrogens with two attached hydrogens (primary N) is 1. The van der Waals surface area contributed by atoms with Crippen molar-refractivity contribution in [3.63, 3.8) is 0 Å². The van der Waals surface area contributed by atoms with E-state index in [0.717, 1.165) is 12.0 Å². The average Bonchev–Trinajstić information content (AvgIpc) is 2.70. The summed E-state index contributed by atoms with van der Waals surface area (Å²) in [6, 6.07) is 5.61. The van der Waals surface area contributed by atoms with Gasteiger partial charge in [-0.3, -0.25) is 4.79 Å². The molecule has 2 unspecified atom stereocenters. The Morgan fingerprint density at radius 1 is 1.53 bits per heavy atom. The van der Waals surface area contributed by atoms with Gasteiger partial charge in [-0.25, -0.2) is 0 Å². The molecule has 0 aromatic heterocycles. The first-order valence-electron chi connectivity index (χ1n) is 5.85. The number of hydrogen-bond acceptors (Lipinski definition) is 3. The monoisotopic (exact) mass is 234 g/mol. The molecule has 1 aliphatic rings. The van der Waals surface area contributed by atoms with Crippen molar-refractivity contribution in [2.45, 2.75) is 26.4 Å². The van der Waals surface area contributed by atoms with E-state index in [1.807, 2.05) is 26.0 Å². The molecule has 4 heteroatoms. The van der Waals surface area contributed by atoms with Crippen LogP contribution in [0.2, 0.25) is 0 Å². The van der Waals surface area contributed by atoms with E-state index in [1.165, 1.54) is 0 Å². The van der Waals surface area contributed by atoms with Gasteiger partial charge in [0.05, 0.1) is 30.0 Å². The van der Waals surface area contributed by atoms with Crippen molar-refractivity contribution < 1.29 is 9.53 Å². The summed E-state index contributed by atoms with van der Waals surface area (Å²) in [6.07, 6.45) is 0.943. The molecule has 0 spiro atoms. The molecule has 0 bridgehead atoms. The van der Waals surface area contributed by atoms with E-state index in [0.29, 0.717) is 18.0 Å². The van der Waals surface area contributed by atoms with Gasteiger partial charge >= 0.3 is 0 Å². The summed E-state index contributed by atoms with van der Waals surface area (Å²) < 4.78 is 5.39. The van der Waals surface area contributed by atoms with E-state index in [2.05, 4.69) is 5.32 Å². The van der Waals surface area contributed by atoms with Gasteiger partial charge in [-0.2, -0.15) is 0 Å². The number of aryl methyl sites for hydroxylation is 1. The van der Waals surface area contributed by atoms with Crippen molar-refractivity contribution in [3.05, 3.63) is 23.8 Å². The Hall–Kier alpha value is -1.55. The van der Waals surface area contributed by atoms with Gasteiger partial charge in [0.15, 0.2) is 0 Å². The van der Waals surface area contributed by atoms with Gasteiger partial charge in [0, 0.05) is 0 Å². The van der Waals surface area contributed by atoms with Crippen LogP contribution in [0.3, 0.4) is 0 Å². The number of benzene rings is 1. The Labute approximate surface area is 101 Å². The molecule has 92 valence electrons. The van der Waals surface area contributed by atoms with Gasteiger partial charge in [0.25, 0.3) is 0 Å². The number of carbonyl (C=O) groups excluding carboxylic acids is 1. The van der Waals surface area contributed by atoms with Gasteiger partial charge in [-0.1, -0.05) is 6.07 Å². The van der Waals surface area contributed by atoms with E-state index in [4.69, 9.17) is 10.5 Å². The topological polar surface area (TPSA) is 64.3 Å². The summed E-state index contributed by atoms with van der Waals surface area (Å²) in [5.74, 6) is -0.0726. The van der Waals surface area contributed by atoms with Crippen LogP contribution in [0, 0.1) is 12.8 Å². The van der Waals surface area contributed by atoms with Crippen LogP contribution >= 0.6 is 0 Å². The highest BCUT2D eigenvalue weighted by molar-refractivity contribution is 5.95. The number of hydrogen-bond donors (Lipinski definition) is 2. The van der Waals surface area contributed by atoms with Crippen LogP contribution in [0.25, 0.3) is 0 Å². The molecule has 1 heterocycles. The third-order valence-corrected chi connectivity index (χ3v) is 3.04. The molecule has 1 fully saturated rings. The van der Waals surface area contributed by atoms with Crippen LogP contribution in [0.15, 0.2) is 18.2 Å². The highest BCUT2D eigenvalue weighted by Gasteiger charge is 2.28. The molecule has 1 aromatic rings. The molecular formula is C13H18N2O2. The van der Waals surface area contributed by atoms with Crippen molar-refractivity contribution >= 4 is 17.3 Å².